The second kappa shape index (κ2) is 10.0. The summed E-state index contributed by atoms with van der Waals surface area (Å²) in [6, 6.07) is 27.0. The summed E-state index contributed by atoms with van der Waals surface area (Å²) in [5.74, 6) is -0.275. The Balaban J connectivity index is 1.47. The average molecular weight is 488 g/mol. The highest BCUT2D eigenvalue weighted by Gasteiger charge is 2.27. The number of hydrogen-bond donors (Lipinski definition) is 1. The number of thiazole rings is 1. The highest BCUT2D eigenvalue weighted by molar-refractivity contribution is 8.01. The van der Waals surface area contributed by atoms with Gasteiger partial charge < -0.3 is 9.84 Å². The molecule has 5 rings (SSSR count). The van der Waals surface area contributed by atoms with Crippen LogP contribution in [0.2, 0.25) is 0 Å². The number of benzene rings is 3. The van der Waals surface area contributed by atoms with Gasteiger partial charge >= 0.3 is 5.97 Å². The molecule has 0 bridgehead atoms. The normalized spacial score (nSPS) is 13.2. The number of fused-ring (bicyclic) bond motifs is 3. The number of aryl methyl sites for hydroxylation is 1. The molecule has 0 saturated carbocycles. The topological polar surface area (TPSA) is 59.4 Å². The van der Waals surface area contributed by atoms with E-state index in [1.54, 1.807) is 23.1 Å². The predicted octanol–water partition coefficient (Wildman–Crippen LogP) is 7.03. The molecule has 3 aromatic carbocycles. The molecule has 4 nitrogen and oxygen atoms in total. The van der Waals surface area contributed by atoms with Crippen LogP contribution in [0.15, 0.2) is 83.2 Å². The average Bonchev–Trinajstić information content (AvgIpc) is 3.30. The number of ether oxygens (including phenoxy) is 1. The van der Waals surface area contributed by atoms with Crippen molar-refractivity contribution in [3.8, 4) is 17.0 Å². The molecular formula is C28H25NO3S2. The van der Waals surface area contributed by atoms with Gasteiger partial charge in [0, 0.05) is 16.0 Å². The van der Waals surface area contributed by atoms with Crippen LogP contribution >= 0.6 is 23.1 Å². The fourth-order valence-electron chi connectivity index (χ4n) is 4.30. The standard InChI is InChI=1S/C28H25NO3S2/c1-2-22(27(30)31)32-23-15-9-14-21-20(23)16-17-24-25(21)29-28(33-24)34-26(18-10-5-3-6-11-18)19-12-7-4-8-13-19/h3-15,22,26H,2,16-17H2,1H3,(H,30,31). The van der Waals surface area contributed by atoms with Gasteiger partial charge in [-0.3, -0.25) is 0 Å². The quantitative estimate of drug-likeness (QED) is 0.270. The molecule has 1 aliphatic rings. The summed E-state index contributed by atoms with van der Waals surface area (Å²) in [7, 11) is 0. The zero-order chi connectivity index (χ0) is 23.5. The van der Waals surface area contributed by atoms with E-state index in [9.17, 15) is 9.90 Å². The Morgan fingerprint density at radius 3 is 2.29 bits per heavy atom. The van der Waals surface area contributed by atoms with Gasteiger partial charge in [-0.05, 0) is 36.5 Å². The largest absolute Gasteiger partial charge is 0.479 e. The van der Waals surface area contributed by atoms with Gasteiger partial charge in [0.15, 0.2) is 10.4 Å². The predicted molar refractivity (Wildman–Crippen MR) is 138 cm³/mol. The number of carboxylic acid groups (broad SMARTS) is 1. The second-order valence-electron chi connectivity index (χ2n) is 8.21. The Kier molecular flexibility index (Phi) is 6.70. The van der Waals surface area contributed by atoms with Gasteiger partial charge in [0.2, 0.25) is 0 Å². The van der Waals surface area contributed by atoms with Crippen molar-refractivity contribution >= 4 is 29.1 Å². The molecule has 172 valence electrons. The minimum absolute atomic E-state index is 0.157. The van der Waals surface area contributed by atoms with E-state index in [-0.39, 0.29) is 5.25 Å². The summed E-state index contributed by atoms with van der Waals surface area (Å²) in [5.41, 5.74) is 5.62. The van der Waals surface area contributed by atoms with Crippen molar-refractivity contribution in [3.63, 3.8) is 0 Å². The van der Waals surface area contributed by atoms with Crippen LogP contribution < -0.4 is 4.74 Å². The Labute approximate surface area is 207 Å². The number of nitrogens with zero attached hydrogens (tertiary/aromatic N) is 1. The molecule has 0 amide bonds. The molecule has 1 atom stereocenters. The Morgan fingerprint density at radius 2 is 1.68 bits per heavy atom. The maximum Gasteiger partial charge on any atom is 0.344 e. The van der Waals surface area contributed by atoms with Crippen molar-refractivity contribution in [2.24, 2.45) is 0 Å². The van der Waals surface area contributed by atoms with Crippen molar-refractivity contribution < 1.29 is 14.6 Å². The van der Waals surface area contributed by atoms with E-state index in [4.69, 9.17) is 9.72 Å². The number of thioether (sulfide) groups is 1. The number of carbonyl (C=O) groups is 1. The van der Waals surface area contributed by atoms with E-state index in [0.717, 1.165) is 34.0 Å². The Hall–Kier alpha value is -3.09. The zero-order valence-corrected chi connectivity index (χ0v) is 20.4. The fourth-order valence-corrected chi connectivity index (χ4v) is 6.82. The summed E-state index contributed by atoms with van der Waals surface area (Å²) in [5, 5.41) is 9.59. The van der Waals surface area contributed by atoms with Crippen molar-refractivity contribution in [2.45, 2.75) is 41.9 Å². The maximum absolute atomic E-state index is 11.5. The van der Waals surface area contributed by atoms with Crippen LogP contribution in [-0.4, -0.2) is 22.2 Å². The zero-order valence-electron chi connectivity index (χ0n) is 18.8. The van der Waals surface area contributed by atoms with Crippen LogP contribution in [0.4, 0.5) is 0 Å². The molecule has 0 fully saturated rings. The van der Waals surface area contributed by atoms with E-state index in [2.05, 4.69) is 54.6 Å². The number of aromatic nitrogens is 1. The molecule has 1 aromatic heterocycles. The smallest absolute Gasteiger partial charge is 0.344 e. The fraction of sp³-hybridized carbons (Fsp3) is 0.214. The Bertz CT molecular complexity index is 1250. The van der Waals surface area contributed by atoms with Crippen LogP contribution in [0.1, 0.15) is 40.2 Å². The van der Waals surface area contributed by atoms with Crippen molar-refractivity contribution in [2.75, 3.05) is 0 Å². The molecule has 0 saturated heterocycles. The van der Waals surface area contributed by atoms with Gasteiger partial charge in [0.25, 0.3) is 0 Å². The summed E-state index contributed by atoms with van der Waals surface area (Å²) in [6.07, 6.45) is 1.28. The van der Waals surface area contributed by atoms with Crippen molar-refractivity contribution in [1.29, 1.82) is 0 Å². The molecule has 1 heterocycles. The summed E-state index contributed by atoms with van der Waals surface area (Å²) in [4.78, 5) is 17.8. The molecule has 1 N–H and O–H groups in total. The van der Waals surface area contributed by atoms with E-state index < -0.39 is 12.1 Å². The van der Waals surface area contributed by atoms with Crippen LogP contribution in [0.3, 0.4) is 0 Å². The summed E-state index contributed by atoms with van der Waals surface area (Å²) < 4.78 is 6.94. The highest BCUT2D eigenvalue weighted by atomic mass is 32.2. The molecule has 0 aliphatic heterocycles. The van der Waals surface area contributed by atoms with E-state index in [0.29, 0.717) is 12.2 Å². The Morgan fingerprint density at radius 1 is 1.00 bits per heavy atom. The number of rotatable bonds is 8. The molecular weight excluding hydrogens is 462 g/mol. The first-order valence-corrected chi connectivity index (χ1v) is 13.1. The summed E-state index contributed by atoms with van der Waals surface area (Å²) in [6.45, 7) is 1.83. The molecule has 6 heteroatoms. The van der Waals surface area contributed by atoms with Gasteiger partial charge in [0.1, 0.15) is 5.75 Å². The third kappa shape index (κ3) is 4.61. The third-order valence-corrected chi connectivity index (χ3v) is 8.53. The van der Waals surface area contributed by atoms with Gasteiger partial charge in [-0.25, -0.2) is 9.78 Å². The first-order chi connectivity index (χ1) is 16.6. The second-order valence-corrected chi connectivity index (χ2v) is 10.6. The third-order valence-electron chi connectivity index (χ3n) is 6.01. The molecule has 1 unspecified atom stereocenters. The van der Waals surface area contributed by atoms with Gasteiger partial charge in [-0.2, -0.15) is 0 Å². The van der Waals surface area contributed by atoms with E-state index in [1.807, 2.05) is 31.2 Å². The molecule has 0 spiro atoms. The van der Waals surface area contributed by atoms with Crippen molar-refractivity contribution in [1.82, 2.24) is 4.98 Å². The maximum atomic E-state index is 11.5. The number of hydrogen-bond acceptors (Lipinski definition) is 5. The number of carboxylic acids is 1. The van der Waals surface area contributed by atoms with Crippen LogP contribution in [0.5, 0.6) is 5.75 Å². The van der Waals surface area contributed by atoms with Crippen LogP contribution in [0.25, 0.3) is 11.3 Å². The monoisotopic (exact) mass is 487 g/mol. The SMILES string of the molecule is CCC(Oc1cccc2c1CCc1sc(SC(c3ccccc3)c3ccccc3)nc1-2)C(=O)O. The lowest BCUT2D eigenvalue weighted by Gasteiger charge is -2.21. The number of aliphatic carboxylic acids is 1. The van der Waals surface area contributed by atoms with Gasteiger partial charge in [0.05, 0.1) is 10.9 Å². The van der Waals surface area contributed by atoms with Crippen LogP contribution in [-0.2, 0) is 17.6 Å². The van der Waals surface area contributed by atoms with Crippen molar-refractivity contribution in [3.05, 3.63) is 100 Å². The van der Waals surface area contributed by atoms with E-state index >= 15 is 0 Å². The first-order valence-electron chi connectivity index (χ1n) is 11.4. The molecule has 1 aliphatic carbocycles. The molecule has 4 aromatic rings. The van der Waals surface area contributed by atoms with E-state index in [1.165, 1.54) is 16.0 Å². The van der Waals surface area contributed by atoms with Gasteiger partial charge in [-0.1, -0.05) is 91.5 Å². The minimum atomic E-state index is -0.934. The first kappa shape index (κ1) is 22.7. The highest BCUT2D eigenvalue weighted by Crippen LogP contribution is 2.47. The molecule has 0 radical (unpaired) electrons. The minimum Gasteiger partial charge on any atom is -0.479 e. The molecule has 34 heavy (non-hydrogen) atoms. The summed E-state index contributed by atoms with van der Waals surface area (Å²) >= 11 is 3.55. The lowest BCUT2D eigenvalue weighted by atomic mass is 9.92. The van der Waals surface area contributed by atoms with Gasteiger partial charge in [-0.15, -0.1) is 11.3 Å². The lowest BCUT2D eigenvalue weighted by molar-refractivity contribution is -0.145. The lowest BCUT2D eigenvalue weighted by Crippen LogP contribution is -2.26. The van der Waals surface area contributed by atoms with Crippen LogP contribution in [0, 0.1) is 0 Å².